The highest BCUT2D eigenvalue weighted by atomic mass is 32.1. The summed E-state index contributed by atoms with van der Waals surface area (Å²) in [6, 6.07) is 10.2. The zero-order valence-corrected chi connectivity index (χ0v) is 18.6. The minimum Gasteiger partial charge on any atom is -0.336 e. The molecule has 0 radical (unpaired) electrons. The molecule has 154 valence electrons. The number of amides is 1. The number of thiophene rings is 1. The molecule has 0 aliphatic carbocycles. The molecular weight excluding hydrogens is 382 g/mol. The molecule has 3 aromatic rings. The molecule has 0 aliphatic rings. The lowest BCUT2D eigenvalue weighted by Gasteiger charge is -2.34. The average Bonchev–Trinajstić information content (AvgIpc) is 3.07. The van der Waals surface area contributed by atoms with Crippen LogP contribution < -0.4 is 5.56 Å². The van der Waals surface area contributed by atoms with Crippen LogP contribution in [0.15, 0.2) is 41.5 Å². The highest BCUT2D eigenvalue weighted by molar-refractivity contribution is 7.19. The molecule has 0 saturated heterocycles. The number of rotatable bonds is 7. The van der Waals surface area contributed by atoms with Crippen LogP contribution in [0.4, 0.5) is 0 Å². The molecule has 0 unspecified atom stereocenters. The fourth-order valence-electron chi connectivity index (χ4n) is 3.75. The second kappa shape index (κ2) is 8.91. The number of hydrogen-bond donors (Lipinski definition) is 0. The number of aromatic nitrogens is 2. The molecular formula is C23H29N3O2S. The van der Waals surface area contributed by atoms with Gasteiger partial charge in [-0.25, -0.2) is 4.98 Å². The summed E-state index contributed by atoms with van der Waals surface area (Å²) in [4.78, 5) is 34.6. The maximum absolute atomic E-state index is 13.3. The van der Waals surface area contributed by atoms with Crippen molar-refractivity contribution < 1.29 is 4.79 Å². The molecule has 0 fully saturated rings. The fraction of sp³-hybridized carbons (Fsp3) is 0.435. The first-order valence-corrected chi connectivity index (χ1v) is 11.1. The predicted molar refractivity (Wildman–Crippen MR) is 120 cm³/mol. The van der Waals surface area contributed by atoms with Gasteiger partial charge in [0.2, 0.25) is 5.91 Å². The summed E-state index contributed by atoms with van der Waals surface area (Å²) >= 11 is 1.52. The molecule has 0 N–H and O–H groups in total. The summed E-state index contributed by atoms with van der Waals surface area (Å²) in [5.74, 6) is -0.0369. The lowest BCUT2D eigenvalue weighted by Crippen LogP contribution is -2.46. The zero-order valence-electron chi connectivity index (χ0n) is 17.8. The van der Waals surface area contributed by atoms with Crippen molar-refractivity contribution >= 4 is 27.5 Å². The van der Waals surface area contributed by atoms with Gasteiger partial charge in [0.1, 0.15) is 11.4 Å². The van der Waals surface area contributed by atoms with Crippen LogP contribution in [-0.2, 0) is 11.3 Å². The van der Waals surface area contributed by atoms with Gasteiger partial charge in [-0.05, 0) is 39.2 Å². The first-order chi connectivity index (χ1) is 13.9. The van der Waals surface area contributed by atoms with E-state index in [2.05, 4.69) is 32.7 Å². The fourth-order valence-corrected chi connectivity index (χ4v) is 4.75. The number of carbonyl (C=O) groups excluding carboxylic acids is 1. The standard InChI is InChI=1S/C23H29N3O2S/c1-6-15(3)26(16(4)7-2)19(27)13-25-14-24-22-21(23(25)28)20(17(5)29-22)18-11-9-8-10-12-18/h8-12,14-16H,6-7,13H2,1-5H3/t15-,16+. The van der Waals surface area contributed by atoms with Crippen molar-refractivity contribution in [2.45, 2.75) is 66.1 Å². The Morgan fingerprint density at radius 1 is 1.14 bits per heavy atom. The van der Waals surface area contributed by atoms with Gasteiger partial charge >= 0.3 is 0 Å². The maximum Gasteiger partial charge on any atom is 0.263 e. The van der Waals surface area contributed by atoms with E-state index in [-0.39, 0.29) is 30.1 Å². The van der Waals surface area contributed by atoms with E-state index in [1.54, 1.807) is 0 Å². The summed E-state index contributed by atoms with van der Waals surface area (Å²) in [6.45, 7) is 10.3. The summed E-state index contributed by atoms with van der Waals surface area (Å²) in [6.07, 6.45) is 3.27. The van der Waals surface area contributed by atoms with Gasteiger partial charge in [0.15, 0.2) is 0 Å². The molecule has 2 heterocycles. The molecule has 2 aromatic heterocycles. The Morgan fingerprint density at radius 3 is 2.34 bits per heavy atom. The Balaban J connectivity index is 2.04. The van der Waals surface area contributed by atoms with Gasteiger partial charge in [-0.1, -0.05) is 44.2 Å². The number of benzene rings is 1. The highest BCUT2D eigenvalue weighted by Gasteiger charge is 2.25. The van der Waals surface area contributed by atoms with E-state index in [9.17, 15) is 9.59 Å². The second-order valence-electron chi connectivity index (χ2n) is 7.57. The highest BCUT2D eigenvalue weighted by Crippen LogP contribution is 2.35. The molecule has 6 heteroatoms. The largest absolute Gasteiger partial charge is 0.336 e. The summed E-state index contributed by atoms with van der Waals surface area (Å²) in [5, 5.41) is 0.604. The number of carbonyl (C=O) groups is 1. The number of hydrogen-bond acceptors (Lipinski definition) is 4. The van der Waals surface area contributed by atoms with Crippen LogP contribution in [0.2, 0.25) is 0 Å². The van der Waals surface area contributed by atoms with E-state index in [1.165, 1.54) is 22.2 Å². The van der Waals surface area contributed by atoms with Crippen molar-refractivity contribution in [2.75, 3.05) is 0 Å². The first kappa shape index (κ1) is 21.2. The van der Waals surface area contributed by atoms with Crippen molar-refractivity contribution in [1.82, 2.24) is 14.5 Å². The quantitative estimate of drug-likeness (QED) is 0.558. The Bertz CT molecular complexity index is 1050. The van der Waals surface area contributed by atoms with Crippen LogP contribution in [0, 0.1) is 6.92 Å². The normalized spacial score (nSPS) is 13.4. The Kier molecular flexibility index (Phi) is 6.52. The lowest BCUT2D eigenvalue weighted by molar-refractivity contribution is -0.136. The van der Waals surface area contributed by atoms with Crippen LogP contribution in [0.5, 0.6) is 0 Å². The van der Waals surface area contributed by atoms with Crippen molar-refractivity contribution in [3.8, 4) is 11.1 Å². The second-order valence-corrected chi connectivity index (χ2v) is 8.78. The van der Waals surface area contributed by atoms with Crippen LogP contribution in [0.25, 0.3) is 21.3 Å². The van der Waals surface area contributed by atoms with Gasteiger partial charge in [-0.3, -0.25) is 14.2 Å². The number of fused-ring (bicyclic) bond motifs is 1. The van der Waals surface area contributed by atoms with Gasteiger partial charge in [0, 0.05) is 22.5 Å². The molecule has 2 atom stereocenters. The number of nitrogens with zero attached hydrogens (tertiary/aromatic N) is 3. The molecule has 0 aliphatic heterocycles. The third-order valence-electron chi connectivity index (χ3n) is 5.64. The van der Waals surface area contributed by atoms with E-state index in [0.29, 0.717) is 5.39 Å². The molecule has 1 amide bonds. The summed E-state index contributed by atoms with van der Waals surface area (Å²) in [7, 11) is 0. The minimum atomic E-state index is -0.153. The van der Waals surface area contributed by atoms with Gasteiger partial charge in [0.05, 0.1) is 11.7 Å². The minimum absolute atomic E-state index is 0.0135. The van der Waals surface area contributed by atoms with Gasteiger partial charge < -0.3 is 4.90 Å². The molecule has 1 aromatic carbocycles. The van der Waals surface area contributed by atoms with Crippen LogP contribution >= 0.6 is 11.3 Å². The third-order valence-corrected chi connectivity index (χ3v) is 6.66. The van der Waals surface area contributed by atoms with Crippen LogP contribution in [0.3, 0.4) is 0 Å². The molecule has 0 saturated carbocycles. The van der Waals surface area contributed by atoms with Crippen LogP contribution in [0.1, 0.15) is 45.4 Å². The van der Waals surface area contributed by atoms with E-state index in [0.717, 1.165) is 33.7 Å². The Morgan fingerprint density at radius 2 is 1.76 bits per heavy atom. The Hall–Kier alpha value is -2.47. The summed E-state index contributed by atoms with van der Waals surface area (Å²) < 4.78 is 1.46. The third kappa shape index (κ3) is 4.13. The van der Waals surface area contributed by atoms with Crippen molar-refractivity contribution in [2.24, 2.45) is 0 Å². The van der Waals surface area contributed by atoms with Gasteiger partial charge in [-0.15, -0.1) is 11.3 Å². The number of aryl methyl sites for hydroxylation is 1. The molecule has 29 heavy (non-hydrogen) atoms. The predicted octanol–water partition coefficient (Wildman–Crippen LogP) is 4.86. The maximum atomic E-state index is 13.3. The average molecular weight is 412 g/mol. The van der Waals surface area contributed by atoms with E-state index >= 15 is 0 Å². The molecule has 5 nitrogen and oxygen atoms in total. The van der Waals surface area contributed by atoms with Crippen molar-refractivity contribution in [1.29, 1.82) is 0 Å². The van der Waals surface area contributed by atoms with Crippen molar-refractivity contribution in [3.05, 3.63) is 51.9 Å². The van der Waals surface area contributed by atoms with E-state index in [4.69, 9.17) is 0 Å². The first-order valence-electron chi connectivity index (χ1n) is 10.2. The molecule has 3 rings (SSSR count). The zero-order chi connectivity index (χ0) is 21.1. The van der Waals surface area contributed by atoms with Crippen molar-refractivity contribution in [3.63, 3.8) is 0 Å². The monoisotopic (exact) mass is 411 g/mol. The van der Waals surface area contributed by atoms with Crippen LogP contribution in [-0.4, -0.2) is 32.4 Å². The smallest absolute Gasteiger partial charge is 0.263 e. The van der Waals surface area contributed by atoms with E-state index < -0.39 is 0 Å². The topological polar surface area (TPSA) is 55.2 Å². The molecule has 0 bridgehead atoms. The Labute approximate surface area is 176 Å². The van der Waals surface area contributed by atoms with Gasteiger partial charge in [-0.2, -0.15) is 0 Å². The molecule has 0 spiro atoms. The SMILES string of the molecule is CC[C@@H](C)N(C(=O)Cn1cnc2sc(C)c(-c3ccccc3)c2c1=O)[C@@H](C)CC. The van der Waals surface area contributed by atoms with E-state index in [1.807, 2.05) is 42.2 Å². The lowest BCUT2D eigenvalue weighted by atomic mass is 10.0. The summed E-state index contributed by atoms with van der Waals surface area (Å²) in [5.41, 5.74) is 1.77. The van der Waals surface area contributed by atoms with Gasteiger partial charge in [0.25, 0.3) is 5.56 Å².